The minimum absolute atomic E-state index is 0.316. The number of fused-ring (bicyclic) bond motifs is 1. The van der Waals surface area contributed by atoms with Gasteiger partial charge in [-0.3, -0.25) is 0 Å². The molecule has 5 heteroatoms. The summed E-state index contributed by atoms with van der Waals surface area (Å²) < 4.78 is 25.3. The van der Waals surface area contributed by atoms with E-state index < -0.39 is 9.84 Å². The molecule has 2 aromatic heterocycles. The standard InChI is InChI=1S/C14H11NO2S2/c1-10-2-4-11(5-3-10)19(16,17)13-6-8-15-14-12(13)7-9-18-14/h2-9H,1H3. The lowest BCUT2D eigenvalue weighted by Gasteiger charge is -2.06. The number of benzene rings is 1. The van der Waals surface area contributed by atoms with Gasteiger partial charge in [0, 0.05) is 11.6 Å². The molecule has 0 saturated heterocycles. The number of thiophene rings is 1. The Labute approximate surface area is 115 Å². The van der Waals surface area contributed by atoms with Gasteiger partial charge in [-0.2, -0.15) is 0 Å². The van der Waals surface area contributed by atoms with Gasteiger partial charge in [0.1, 0.15) is 4.83 Å². The lowest BCUT2D eigenvalue weighted by Crippen LogP contribution is -2.02. The molecule has 1 aromatic carbocycles. The van der Waals surface area contributed by atoms with E-state index in [1.165, 1.54) is 11.3 Å². The highest BCUT2D eigenvalue weighted by atomic mass is 32.2. The van der Waals surface area contributed by atoms with Crippen molar-refractivity contribution in [2.24, 2.45) is 0 Å². The van der Waals surface area contributed by atoms with E-state index in [1.54, 1.807) is 42.6 Å². The molecular formula is C14H11NO2S2. The van der Waals surface area contributed by atoms with E-state index in [2.05, 4.69) is 4.98 Å². The minimum Gasteiger partial charge on any atom is -0.245 e. The van der Waals surface area contributed by atoms with Crippen molar-refractivity contribution >= 4 is 31.4 Å². The number of aryl methyl sites for hydroxylation is 1. The van der Waals surface area contributed by atoms with Crippen LogP contribution in [0.4, 0.5) is 0 Å². The molecule has 0 atom stereocenters. The van der Waals surface area contributed by atoms with E-state index in [0.717, 1.165) is 10.4 Å². The van der Waals surface area contributed by atoms with Crippen LogP contribution in [0.15, 0.2) is 57.8 Å². The predicted molar refractivity (Wildman–Crippen MR) is 76.3 cm³/mol. The van der Waals surface area contributed by atoms with Crippen LogP contribution in [0.2, 0.25) is 0 Å². The van der Waals surface area contributed by atoms with Crippen LogP contribution in [-0.2, 0) is 9.84 Å². The van der Waals surface area contributed by atoms with Crippen molar-refractivity contribution in [2.45, 2.75) is 16.7 Å². The van der Waals surface area contributed by atoms with Crippen LogP contribution in [0.25, 0.3) is 10.2 Å². The Kier molecular flexibility index (Phi) is 2.88. The Bertz CT molecular complexity index is 833. The summed E-state index contributed by atoms with van der Waals surface area (Å²) in [5, 5.41) is 2.54. The van der Waals surface area contributed by atoms with E-state index in [-0.39, 0.29) is 0 Å². The van der Waals surface area contributed by atoms with E-state index in [4.69, 9.17) is 0 Å². The van der Waals surface area contributed by atoms with Gasteiger partial charge >= 0.3 is 0 Å². The summed E-state index contributed by atoms with van der Waals surface area (Å²) in [6.45, 7) is 1.93. The molecule has 0 aliphatic rings. The van der Waals surface area contributed by atoms with Gasteiger partial charge in [-0.1, -0.05) is 17.7 Å². The molecule has 3 nitrogen and oxygen atoms in total. The molecule has 0 unspecified atom stereocenters. The Balaban J connectivity index is 2.25. The van der Waals surface area contributed by atoms with Crippen molar-refractivity contribution in [3.63, 3.8) is 0 Å². The third-order valence-electron chi connectivity index (χ3n) is 2.95. The maximum absolute atomic E-state index is 12.6. The van der Waals surface area contributed by atoms with Crippen LogP contribution in [0.3, 0.4) is 0 Å². The average molecular weight is 289 g/mol. The predicted octanol–water partition coefficient (Wildman–Crippen LogP) is 3.44. The molecule has 0 aliphatic heterocycles. The van der Waals surface area contributed by atoms with Crippen LogP contribution in [0, 0.1) is 6.92 Å². The van der Waals surface area contributed by atoms with Gasteiger partial charge in [0.2, 0.25) is 9.84 Å². The van der Waals surface area contributed by atoms with E-state index in [1.807, 2.05) is 12.3 Å². The zero-order valence-corrected chi connectivity index (χ0v) is 11.8. The quantitative estimate of drug-likeness (QED) is 0.726. The summed E-state index contributed by atoms with van der Waals surface area (Å²) >= 11 is 1.44. The molecule has 0 bridgehead atoms. The molecule has 0 spiro atoms. The maximum atomic E-state index is 12.6. The molecule has 2 heterocycles. The average Bonchev–Trinajstić information content (AvgIpc) is 2.87. The van der Waals surface area contributed by atoms with Gasteiger partial charge in [0.15, 0.2) is 0 Å². The normalized spacial score (nSPS) is 11.8. The fourth-order valence-electron chi connectivity index (χ4n) is 1.93. The van der Waals surface area contributed by atoms with Gasteiger partial charge < -0.3 is 0 Å². The van der Waals surface area contributed by atoms with Crippen molar-refractivity contribution in [2.75, 3.05) is 0 Å². The fourth-order valence-corrected chi connectivity index (χ4v) is 4.20. The molecule has 0 fully saturated rings. The molecule has 0 radical (unpaired) electrons. The van der Waals surface area contributed by atoms with Crippen LogP contribution in [0.1, 0.15) is 5.56 Å². The number of hydrogen-bond acceptors (Lipinski definition) is 4. The topological polar surface area (TPSA) is 47.0 Å². The minimum atomic E-state index is -3.49. The van der Waals surface area contributed by atoms with Crippen molar-refractivity contribution in [1.29, 1.82) is 0 Å². The first-order chi connectivity index (χ1) is 9.09. The van der Waals surface area contributed by atoms with E-state index in [0.29, 0.717) is 15.2 Å². The molecule has 3 aromatic rings. The Morgan fingerprint density at radius 1 is 1.05 bits per heavy atom. The van der Waals surface area contributed by atoms with E-state index >= 15 is 0 Å². The third kappa shape index (κ3) is 2.05. The summed E-state index contributed by atoms with van der Waals surface area (Å²) in [4.78, 5) is 5.56. The SMILES string of the molecule is Cc1ccc(S(=O)(=O)c2ccnc3sccc23)cc1. The number of hydrogen-bond donors (Lipinski definition) is 0. The summed E-state index contributed by atoms with van der Waals surface area (Å²) in [6.07, 6.45) is 1.54. The van der Waals surface area contributed by atoms with Gasteiger partial charge in [0.25, 0.3) is 0 Å². The summed E-state index contributed by atoms with van der Waals surface area (Å²) in [5.41, 5.74) is 1.04. The highest BCUT2D eigenvalue weighted by molar-refractivity contribution is 7.91. The second-order valence-electron chi connectivity index (χ2n) is 4.27. The van der Waals surface area contributed by atoms with Crippen molar-refractivity contribution in [3.05, 3.63) is 53.5 Å². The van der Waals surface area contributed by atoms with Gasteiger partial charge in [0.05, 0.1) is 9.79 Å². The molecular weight excluding hydrogens is 278 g/mol. The van der Waals surface area contributed by atoms with Crippen molar-refractivity contribution in [1.82, 2.24) is 4.98 Å². The number of rotatable bonds is 2. The Hall–Kier alpha value is -1.72. The summed E-state index contributed by atoms with van der Waals surface area (Å²) in [7, 11) is -3.49. The highest BCUT2D eigenvalue weighted by Crippen LogP contribution is 2.29. The second kappa shape index (κ2) is 4.43. The Morgan fingerprint density at radius 3 is 2.53 bits per heavy atom. The lowest BCUT2D eigenvalue weighted by molar-refractivity contribution is 0.597. The van der Waals surface area contributed by atoms with Gasteiger partial charge in [-0.25, -0.2) is 13.4 Å². The zero-order chi connectivity index (χ0) is 13.5. The molecule has 0 saturated carbocycles. The number of sulfone groups is 1. The molecule has 0 aliphatic carbocycles. The Morgan fingerprint density at radius 2 is 1.79 bits per heavy atom. The smallest absolute Gasteiger partial charge is 0.207 e. The maximum Gasteiger partial charge on any atom is 0.207 e. The highest BCUT2D eigenvalue weighted by Gasteiger charge is 2.20. The summed E-state index contributed by atoms with van der Waals surface area (Å²) in [5.74, 6) is 0. The van der Waals surface area contributed by atoms with Crippen LogP contribution in [0.5, 0.6) is 0 Å². The van der Waals surface area contributed by atoms with Gasteiger partial charge in [-0.15, -0.1) is 11.3 Å². The lowest BCUT2D eigenvalue weighted by atomic mass is 10.2. The molecule has 19 heavy (non-hydrogen) atoms. The number of nitrogens with zero attached hydrogens (tertiary/aromatic N) is 1. The monoisotopic (exact) mass is 289 g/mol. The largest absolute Gasteiger partial charge is 0.245 e. The first-order valence-electron chi connectivity index (χ1n) is 5.73. The molecule has 3 rings (SSSR count). The number of aromatic nitrogens is 1. The van der Waals surface area contributed by atoms with Crippen LogP contribution >= 0.6 is 11.3 Å². The number of pyridine rings is 1. The fraction of sp³-hybridized carbons (Fsp3) is 0.0714. The van der Waals surface area contributed by atoms with Crippen LogP contribution < -0.4 is 0 Å². The first-order valence-corrected chi connectivity index (χ1v) is 8.09. The zero-order valence-electron chi connectivity index (χ0n) is 10.2. The summed E-state index contributed by atoms with van der Waals surface area (Å²) in [6, 6.07) is 10.3. The van der Waals surface area contributed by atoms with Crippen molar-refractivity contribution in [3.8, 4) is 0 Å². The molecule has 0 amide bonds. The second-order valence-corrected chi connectivity index (χ2v) is 7.08. The van der Waals surface area contributed by atoms with Crippen LogP contribution in [-0.4, -0.2) is 13.4 Å². The third-order valence-corrected chi connectivity index (χ3v) is 5.60. The van der Waals surface area contributed by atoms with Gasteiger partial charge in [-0.05, 0) is 36.6 Å². The first kappa shape index (κ1) is 12.3. The van der Waals surface area contributed by atoms with Crippen molar-refractivity contribution < 1.29 is 8.42 Å². The molecule has 96 valence electrons. The van der Waals surface area contributed by atoms with E-state index in [9.17, 15) is 8.42 Å². The molecule has 0 N–H and O–H groups in total.